The molecular formula is C8H7NOS. The summed E-state index contributed by atoms with van der Waals surface area (Å²) in [6.45, 7) is 0. The van der Waals surface area contributed by atoms with Crippen LogP contribution in [0.3, 0.4) is 0 Å². The quantitative estimate of drug-likeness (QED) is 0.412. The maximum atomic E-state index is 5.29. The highest BCUT2D eigenvalue weighted by atomic mass is 32.1. The fraction of sp³-hybridized carbons (Fsp3) is 0.250. The van der Waals surface area contributed by atoms with Gasteiger partial charge in [0, 0.05) is 6.42 Å². The lowest BCUT2D eigenvalue weighted by Gasteiger charge is -2.02. The minimum Gasteiger partial charge on any atom is -0.459 e. The van der Waals surface area contributed by atoms with Crippen LogP contribution in [0.2, 0.25) is 0 Å². The highest BCUT2D eigenvalue weighted by molar-refractivity contribution is 7.80. The molecule has 0 fully saturated rings. The van der Waals surface area contributed by atoms with Crippen molar-refractivity contribution in [1.29, 1.82) is 0 Å². The van der Waals surface area contributed by atoms with Crippen molar-refractivity contribution in [3.63, 3.8) is 0 Å². The molecule has 2 aliphatic rings. The number of hydrogen-bond acceptors (Lipinski definition) is 3. The van der Waals surface area contributed by atoms with Gasteiger partial charge in [0.15, 0.2) is 5.76 Å². The average molecular weight is 165 g/mol. The molecule has 1 atom stereocenters. The molecule has 1 unspecified atom stereocenters. The van der Waals surface area contributed by atoms with E-state index in [4.69, 9.17) is 4.74 Å². The van der Waals surface area contributed by atoms with E-state index in [1.165, 1.54) is 0 Å². The molecule has 0 aromatic heterocycles. The van der Waals surface area contributed by atoms with Gasteiger partial charge in [0.25, 0.3) is 0 Å². The molecule has 1 heterocycles. The van der Waals surface area contributed by atoms with Crippen LogP contribution in [-0.4, -0.2) is 5.56 Å². The Kier molecular flexibility index (Phi) is 1.55. The van der Waals surface area contributed by atoms with E-state index >= 15 is 0 Å². The molecule has 0 aromatic carbocycles. The van der Waals surface area contributed by atoms with Gasteiger partial charge < -0.3 is 10.1 Å². The zero-order chi connectivity index (χ0) is 7.68. The molecule has 0 bridgehead atoms. The van der Waals surface area contributed by atoms with Crippen molar-refractivity contribution in [2.75, 3.05) is 0 Å². The molecule has 11 heavy (non-hydrogen) atoms. The van der Waals surface area contributed by atoms with Crippen molar-refractivity contribution in [3.8, 4) is 11.8 Å². The van der Waals surface area contributed by atoms with Crippen molar-refractivity contribution in [2.24, 2.45) is 0 Å². The molecule has 2 rings (SSSR count). The molecule has 0 amide bonds. The zero-order valence-electron chi connectivity index (χ0n) is 5.79. The van der Waals surface area contributed by atoms with Crippen LogP contribution in [0.5, 0.6) is 0 Å². The molecule has 1 aliphatic carbocycles. The second-order valence-corrected chi connectivity index (χ2v) is 2.73. The maximum absolute atomic E-state index is 5.29. The second kappa shape index (κ2) is 2.55. The third kappa shape index (κ3) is 1.22. The minimum absolute atomic E-state index is 0.239. The monoisotopic (exact) mass is 165 g/mol. The third-order valence-corrected chi connectivity index (χ3v) is 1.69. The Labute approximate surface area is 70.7 Å². The lowest BCUT2D eigenvalue weighted by Crippen LogP contribution is -2.16. The summed E-state index contributed by atoms with van der Waals surface area (Å²) >= 11 is 4.11. The van der Waals surface area contributed by atoms with Gasteiger partial charge in [-0.15, -0.1) is 12.6 Å². The van der Waals surface area contributed by atoms with Crippen LogP contribution in [-0.2, 0) is 4.74 Å². The van der Waals surface area contributed by atoms with E-state index in [0.29, 0.717) is 0 Å². The normalized spacial score (nSPS) is 26.1. The largest absolute Gasteiger partial charge is 0.459 e. The van der Waals surface area contributed by atoms with Crippen molar-refractivity contribution in [3.05, 3.63) is 23.6 Å². The molecule has 1 aliphatic heterocycles. The van der Waals surface area contributed by atoms with Gasteiger partial charge in [0.1, 0.15) is 5.70 Å². The van der Waals surface area contributed by atoms with Crippen molar-refractivity contribution < 1.29 is 4.74 Å². The van der Waals surface area contributed by atoms with Crippen LogP contribution in [0, 0.1) is 11.8 Å². The maximum Gasteiger partial charge on any atom is 0.216 e. The van der Waals surface area contributed by atoms with E-state index < -0.39 is 0 Å². The predicted octanol–water partition coefficient (Wildman–Crippen LogP) is 0.994. The lowest BCUT2D eigenvalue weighted by atomic mass is 10.4. The van der Waals surface area contributed by atoms with Crippen LogP contribution < -0.4 is 5.32 Å². The molecule has 0 aromatic rings. The van der Waals surface area contributed by atoms with Gasteiger partial charge in [-0.05, 0) is 12.0 Å². The third-order valence-electron chi connectivity index (χ3n) is 1.46. The van der Waals surface area contributed by atoms with E-state index in [0.717, 1.165) is 17.9 Å². The van der Waals surface area contributed by atoms with Crippen LogP contribution in [0.25, 0.3) is 0 Å². The molecular weight excluding hydrogens is 158 g/mol. The van der Waals surface area contributed by atoms with E-state index in [1.807, 2.05) is 12.2 Å². The molecule has 0 spiro atoms. The fourth-order valence-corrected chi connectivity index (χ4v) is 1.23. The van der Waals surface area contributed by atoms with Crippen molar-refractivity contribution >= 4 is 12.6 Å². The Balaban J connectivity index is 2.32. The number of nitrogens with one attached hydrogen (secondary N) is 1. The Hall–Kier alpha value is -1.01. The molecule has 0 saturated heterocycles. The Morgan fingerprint density at radius 3 is 3.55 bits per heavy atom. The molecule has 0 saturated carbocycles. The molecule has 2 nitrogen and oxygen atoms in total. The summed E-state index contributed by atoms with van der Waals surface area (Å²) in [6.07, 6.45) is 4.67. The topological polar surface area (TPSA) is 21.3 Å². The highest BCUT2D eigenvalue weighted by Gasteiger charge is 2.18. The Bertz CT molecular complexity index is 295. The summed E-state index contributed by atoms with van der Waals surface area (Å²) < 4.78 is 5.29. The van der Waals surface area contributed by atoms with Gasteiger partial charge in [-0.1, -0.05) is 12.0 Å². The summed E-state index contributed by atoms with van der Waals surface area (Å²) in [5.41, 5.74) is 0.607. The summed E-state index contributed by atoms with van der Waals surface area (Å²) in [5, 5.41) is 2.99. The SMILES string of the molecule is SC1NC2=C(C=CCC#C2)O1. The van der Waals surface area contributed by atoms with Gasteiger partial charge in [0.05, 0.1) is 0 Å². The number of hydrogen-bond donors (Lipinski definition) is 2. The van der Waals surface area contributed by atoms with Gasteiger partial charge in [-0.2, -0.15) is 0 Å². The van der Waals surface area contributed by atoms with Crippen LogP contribution in [0.4, 0.5) is 0 Å². The predicted molar refractivity (Wildman–Crippen MR) is 45.6 cm³/mol. The lowest BCUT2D eigenvalue weighted by molar-refractivity contribution is 0.215. The molecule has 1 N–H and O–H groups in total. The molecule has 3 heteroatoms. The van der Waals surface area contributed by atoms with Crippen LogP contribution in [0.1, 0.15) is 6.42 Å². The number of ether oxygens (including phenoxy) is 1. The van der Waals surface area contributed by atoms with Gasteiger partial charge >= 0.3 is 0 Å². The Morgan fingerprint density at radius 2 is 2.64 bits per heavy atom. The smallest absolute Gasteiger partial charge is 0.216 e. The van der Waals surface area contributed by atoms with Gasteiger partial charge in [-0.3, -0.25) is 0 Å². The standard InChI is InChI=1S/C8H7NOS/c11-8-9-6-4-2-1-3-5-7(6)10-8/h3,5,8-9,11H,1H2. The van der Waals surface area contributed by atoms with Crippen molar-refractivity contribution in [2.45, 2.75) is 12.0 Å². The first-order valence-electron chi connectivity index (χ1n) is 3.37. The van der Waals surface area contributed by atoms with Crippen molar-refractivity contribution in [1.82, 2.24) is 5.32 Å². The minimum atomic E-state index is -0.239. The zero-order valence-corrected chi connectivity index (χ0v) is 6.69. The first kappa shape index (κ1) is 6.68. The van der Waals surface area contributed by atoms with Gasteiger partial charge in [0.2, 0.25) is 5.56 Å². The van der Waals surface area contributed by atoms with E-state index in [-0.39, 0.29) is 5.56 Å². The first-order chi connectivity index (χ1) is 5.36. The average Bonchev–Trinajstić information content (AvgIpc) is 2.17. The van der Waals surface area contributed by atoms with Crippen LogP contribution >= 0.6 is 12.6 Å². The summed E-state index contributed by atoms with van der Waals surface area (Å²) in [5.74, 6) is 6.73. The molecule has 56 valence electrons. The van der Waals surface area contributed by atoms with E-state index in [2.05, 4.69) is 29.8 Å². The van der Waals surface area contributed by atoms with E-state index in [1.54, 1.807) is 0 Å². The van der Waals surface area contributed by atoms with Crippen LogP contribution in [0.15, 0.2) is 23.6 Å². The highest BCUT2D eigenvalue weighted by Crippen LogP contribution is 2.19. The number of allylic oxidation sites excluding steroid dienone is 3. The van der Waals surface area contributed by atoms with Gasteiger partial charge in [-0.25, -0.2) is 0 Å². The first-order valence-corrected chi connectivity index (χ1v) is 3.89. The second-order valence-electron chi connectivity index (χ2n) is 2.26. The molecule has 0 radical (unpaired) electrons. The van der Waals surface area contributed by atoms with E-state index in [9.17, 15) is 0 Å². The fourth-order valence-electron chi connectivity index (χ4n) is 0.988. The number of thiol groups is 1. The summed E-state index contributed by atoms with van der Waals surface area (Å²) in [7, 11) is 0. The Morgan fingerprint density at radius 1 is 1.73 bits per heavy atom. The summed E-state index contributed by atoms with van der Waals surface area (Å²) in [4.78, 5) is 0. The number of rotatable bonds is 0. The summed E-state index contributed by atoms with van der Waals surface area (Å²) in [6, 6.07) is 0.